The average molecular weight is 398 g/mol. The topological polar surface area (TPSA) is 52.6 Å². The monoisotopic (exact) mass is 398 g/mol. The molecule has 0 radical (unpaired) electrons. The Labute approximate surface area is 136 Å². The third-order valence-corrected chi connectivity index (χ3v) is 3.90. The lowest BCUT2D eigenvalue weighted by molar-refractivity contribution is -0.153. The van der Waals surface area contributed by atoms with E-state index >= 15 is 0 Å². The average Bonchev–Trinajstić information content (AvgIpc) is 2.45. The first kappa shape index (κ1) is 19.7. The zero-order valence-corrected chi connectivity index (χ0v) is 14.8. The molecule has 118 valence electrons. The van der Waals surface area contributed by atoms with Crippen LogP contribution in [0.15, 0.2) is 0 Å². The van der Waals surface area contributed by atoms with Crippen molar-refractivity contribution in [2.24, 2.45) is 0 Å². The minimum absolute atomic E-state index is 0.157. The zero-order chi connectivity index (χ0) is 15.2. The highest BCUT2D eigenvalue weighted by atomic mass is 127. The van der Waals surface area contributed by atoms with Crippen molar-refractivity contribution in [3.63, 3.8) is 0 Å². The van der Waals surface area contributed by atoms with Gasteiger partial charge in [0.1, 0.15) is 6.10 Å². The molecule has 0 aromatic rings. The highest BCUT2D eigenvalue weighted by Crippen LogP contribution is 2.08. The first-order valence-electron chi connectivity index (χ1n) is 7.55. The molecule has 1 unspecified atom stereocenters. The van der Waals surface area contributed by atoms with E-state index in [9.17, 15) is 9.59 Å². The molecule has 0 aromatic heterocycles. The van der Waals surface area contributed by atoms with Crippen molar-refractivity contribution in [3.8, 4) is 0 Å². The van der Waals surface area contributed by atoms with Crippen molar-refractivity contribution in [1.82, 2.24) is 0 Å². The second-order valence-electron chi connectivity index (χ2n) is 4.81. The predicted octanol–water partition coefficient (Wildman–Crippen LogP) is 4.04. The van der Waals surface area contributed by atoms with Gasteiger partial charge in [-0.3, -0.25) is 9.59 Å². The van der Waals surface area contributed by atoms with Crippen molar-refractivity contribution in [2.75, 3.05) is 11.0 Å². The Morgan fingerprint density at radius 2 is 1.65 bits per heavy atom. The number of unbranched alkanes of at least 4 members (excludes halogenated alkanes) is 5. The molecule has 4 nitrogen and oxygen atoms in total. The first-order chi connectivity index (χ1) is 9.63. The highest BCUT2D eigenvalue weighted by molar-refractivity contribution is 14.1. The van der Waals surface area contributed by atoms with Crippen LogP contribution in [0.4, 0.5) is 0 Å². The van der Waals surface area contributed by atoms with Gasteiger partial charge in [0, 0.05) is 10.8 Å². The van der Waals surface area contributed by atoms with Gasteiger partial charge >= 0.3 is 11.9 Å². The Balaban J connectivity index is 3.62. The third-order valence-electron chi connectivity index (χ3n) is 2.91. The molecule has 0 aliphatic carbocycles. The number of esters is 2. The summed E-state index contributed by atoms with van der Waals surface area (Å²) in [4.78, 5) is 22.8. The SMILES string of the molecule is CCCCCCCCOC(=O)CC(CI)OC(=O)CC. The number of hydrogen-bond donors (Lipinski definition) is 0. The molecule has 5 heteroatoms. The van der Waals surface area contributed by atoms with Crippen LogP contribution in [0.1, 0.15) is 65.2 Å². The van der Waals surface area contributed by atoms with Gasteiger partial charge in [-0.25, -0.2) is 0 Å². The summed E-state index contributed by atoms with van der Waals surface area (Å²) in [6, 6.07) is 0. The number of rotatable bonds is 12. The van der Waals surface area contributed by atoms with Crippen molar-refractivity contribution >= 4 is 34.5 Å². The standard InChI is InChI=1S/C15H27IO4/c1-3-5-6-7-8-9-10-19-15(18)11-13(12-16)20-14(17)4-2/h13H,3-12H2,1-2H3. The molecular weight excluding hydrogens is 371 g/mol. The Kier molecular flexibility index (Phi) is 13.4. The predicted molar refractivity (Wildman–Crippen MR) is 88.0 cm³/mol. The number of carbonyl (C=O) groups excluding carboxylic acids is 2. The van der Waals surface area contributed by atoms with E-state index in [1.807, 2.05) is 0 Å². The first-order valence-corrected chi connectivity index (χ1v) is 9.07. The summed E-state index contributed by atoms with van der Waals surface area (Å²) in [6.07, 6.45) is 7.13. The van der Waals surface area contributed by atoms with Gasteiger partial charge in [0.2, 0.25) is 0 Å². The van der Waals surface area contributed by atoms with E-state index in [0.717, 1.165) is 12.8 Å². The fourth-order valence-corrected chi connectivity index (χ4v) is 2.20. The second kappa shape index (κ2) is 13.6. The van der Waals surface area contributed by atoms with Gasteiger partial charge in [0.05, 0.1) is 13.0 Å². The van der Waals surface area contributed by atoms with E-state index in [0.29, 0.717) is 17.5 Å². The molecule has 0 aliphatic heterocycles. The van der Waals surface area contributed by atoms with Crippen LogP contribution < -0.4 is 0 Å². The molecule has 20 heavy (non-hydrogen) atoms. The number of halogens is 1. The smallest absolute Gasteiger partial charge is 0.309 e. The molecule has 0 saturated carbocycles. The molecule has 0 spiro atoms. The molecule has 0 saturated heterocycles. The van der Waals surface area contributed by atoms with Crippen LogP contribution in [0.3, 0.4) is 0 Å². The lowest BCUT2D eigenvalue weighted by atomic mass is 10.1. The van der Waals surface area contributed by atoms with Crippen LogP contribution in [0.5, 0.6) is 0 Å². The number of ether oxygens (including phenoxy) is 2. The maximum Gasteiger partial charge on any atom is 0.309 e. The minimum atomic E-state index is -0.361. The van der Waals surface area contributed by atoms with Crippen molar-refractivity contribution in [3.05, 3.63) is 0 Å². The van der Waals surface area contributed by atoms with Gasteiger partial charge < -0.3 is 9.47 Å². The summed E-state index contributed by atoms with van der Waals surface area (Å²) < 4.78 is 10.9. The van der Waals surface area contributed by atoms with E-state index in [1.165, 1.54) is 25.7 Å². The van der Waals surface area contributed by atoms with Gasteiger partial charge in [0.15, 0.2) is 0 Å². The van der Waals surface area contributed by atoms with E-state index in [1.54, 1.807) is 6.92 Å². The summed E-state index contributed by atoms with van der Waals surface area (Å²) in [6.45, 7) is 4.40. The van der Waals surface area contributed by atoms with Crippen molar-refractivity contribution in [2.45, 2.75) is 71.3 Å². The van der Waals surface area contributed by atoms with E-state index in [-0.39, 0.29) is 24.5 Å². The van der Waals surface area contributed by atoms with Gasteiger partial charge in [-0.2, -0.15) is 0 Å². The summed E-state index contributed by atoms with van der Waals surface area (Å²) in [5.41, 5.74) is 0. The summed E-state index contributed by atoms with van der Waals surface area (Å²) in [5.74, 6) is -0.542. The van der Waals surface area contributed by atoms with E-state index in [4.69, 9.17) is 9.47 Å². The third kappa shape index (κ3) is 11.5. The Bertz CT molecular complexity index is 269. The molecule has 0 heterocycles. The minimum Gasteiger partial charge on any atom is -0.466 e. The molecule has 0 aromatic carbocycles. The Morgan fingerprint density at radius 3 is 2.25 bits per heavy atom. The van der Waals surface area contributed by atoms with Gasteiger partial charge in [-0.1, -0.05) is 68.5 Å². The Hall–Kier alpha value is -0.330. The molecule has 0 amide bonds. The molecule has 0 rings (SSSR count). The molecular formula is C15H27IO4. The highest BCUT2D eigenvalue weighted by Gasteiger charge is 2.17. The number of hydrogen-bond acceptors (Lipinski definition) is 4. The van der Waals surface area contributed by atoms with Gasteiger partial charge in [-0.05, 0) is 6.42 Å². The maximum absolute atomic E-state index is 11.6. The summed E-state index contributed by atoms with van der Waals surface area (Å²) >= 11 is 2.11. The van der Waals surface area contributed by atoms with Crippen LogP contribution in [0.25, 0.3) is 0 Å². The normalized spacial score (nSPS) is 11.9. The fraction of sp³-hybridized carbons (Fsp3) is 0.867. The molecule has 0 N–H and O–H groups in total. The number of carbonyl (C=O) groups is 2. The van der Waals surface area contributed by atoms with Crippen LogP contribution >= 0.6 is 22.6 Å². The summed E-state index contributed by atoms with van der Waals surface area (Å²) in [5, 5.41) is 0. The fourth-order valence-electron chi connectivity index (χ4n) is 1.71. The largest absolute Gasteiger partial charge is 0.466 e. The van der Waals surface area contributed by atoms with E-state index < -0.39 is 0 Å². The van der Waals surface area contributed by atoms with Crippen LogP contribution in [-0.4, -0.2) is 29.1 Å². The van der Waals surface area contributed by atoms with Crippen molar-refractivity contribution < 1.29 is 19.1 Å². The lowest BCUT2D eigenvalue weighted by Gasteiger charge is -2.14. The number of alkyl halides is 1. The van der Waals surface area contributed by atoms with Crippen LogP contribution in [0.2, 0.25) is 0 Å². The Morgan fingerprint density at radius 1 is 1.00 bits per heavy atom. The zero-order valence-electron chi connectivity index (χ0n) is 12.7. The molecule has 0 bridgehead atoms. The van der Waals surface area contributed by atoms with Crippen LogP contribution in [0, 0.1) is 0 Å². The van der Waals surface area contributed by atoms with Crippen LogP contribution in [-0.2, 0) is 19.1 Å². The molecule has 1 atom stereocenters. The lowest BCUT2D eigenvalue weighted by Crippen LogP contribution is -2.23. The van der Waals surface area contributed by atoms with Gasteiger partial charge in [0.25, 0.3) is 0 Å². The quantitative estimate of drug-likeness (QED) is 0.216. The summed E-state index contributed by atoms with van der Waals surface area (Å²) in [7, 11) is 0. The second-order valence-corrected chi connectivity index (χ2v) is 5.69. The molecule has 0 fully saturated rings. The molecule has 0 aliphatic rings. The van der Waals surface area contributed by atoms with Gasteiger partial charge in [-0.15, -0.1) is 0 Å². The van der Waals surface area contributed by atoms with E-state index in [2.05, 4.69) is 29.5 Å². The maximum atomic E-state index is 11.6. The van der Waals surface area contributed by atoms with Crippen molar-refractivity contribution in [1.29, 1.82) is 0 Å².